The van der Waals surface area contributed by atoms with E-state index in [2.05, 4.69) is 143 Å². The molecule has 5 nitrogen and oxygen atoms in total. The Morgan fingerprint density at radius 1 is 0.429 bits per heavy atom. The van der Waals surface area contributed by atoms with Gasteiger partial charge in [-0.3, -0.25) is 4.57 Å². The van der Waals surface area contributed by atoms with Crippen LogP contribution in [0.25, 0.3) is 88.4 Å². The summed E-state index contributed by atoms with van der Waals surface area (Å²) >= 11 is 0. The summed E-state index contributed by atoms with van der Waals surface area (Å²) < 4.78 is 11.0. The van der Waals surface area contributed by atoms with E-state index < -0.39 is 0 Å². The number of rotatable bonds is 3. The Morgan fingerprint density at radius 3 is 1.96 bits per heavy atom. The third-order valence-electron chi connectivity index (χ3n) is 9.96. The SMILES string of the molecule is c1ccc(-n2c3ccccc3c3ccc(-c4ccc5c(c4)c4ccccc4n5-c4nc5c6c(cccc6n4)-c4ccccc4O5)cc32)cc1. The van der Waals surface area contributed by atoms with Crippen LogP contribution in [0.3, 0.4) is 0 Å². The van der Waals surface area contributed by atoms with Crippen molar-refractivity contribution in [2.75, 3.05) is 0 Å². The second-order valence-electron chi connectivity index (χ2n) is 12.6. The van der Waals surface area contributed by atoms with Gasteiger partial charge in [0, 0.05) is 38.4 Å². The fourth-order valence-electron chi connectivity index (χ4n) is 7.79. The van der Waals surface area contributed by atoms with E-state index in [4.69, 9.17) is 14.7 Å². The standard InChI is InChI=1S/C44H26N4O/c1-2-11-29(12-3-1)47-37-18-7-4-13-30(37)32-23-21-28(26-40(32)47)27-22-24-39-35(25-27)31-14-5-8-19-38(31)48(39)44-45-36-17-10-16-34-33-15-6-9-20-41(33)49-43(46-44)42(34)36/h1-26H. The van der Waals surface area contributed by atoms with Crippen molar-refractivity contribution in [3.05, 3.63) is 158 Å². The smallest absolute Gasteiger partial charge is 0.238 e. The van der Waals surface area contributed by atoms with Crippen LogP contribution in [-0.2, 0) is 0 Å². The molecular formula is C44H26N4O. The third kappa shape index (κ3) is 3.75. The molecule has 0 bridgehead atoms. The van der Waals surface area contributed by atoms with Gasteiger partial charge in [0.25, 0.3) is 0 Å². The van der Waals surface area contributed by atoms with Gasteiger partial charge in [-0.05, 0) is 65.7 Å². The average Bonchev–Trinajstić information content (AvgIpc) is 3.67. The van der Waals surface area contributed by atoms with Crippen LogP contribution in [0.15, 0.2) is 158 Å². The summed E-state index contributed by atoms with van der Waals surface area (Å²) in [6.45, 7) is 0. The van der Waals surface area contributed by atoms with Crippen molar-refractivity contribution < 1.29 is 4.74 Å². The average molecular weight is 627 g/mol. The third-order valence-corrected chi connectivity index (χ3v) is 9.96. The molecule has 3 aromatic heterocycles. The summed E-state index contributed by atoms with van der Waals surface area (Å²) in [5.41, 5.74) is 11.0. The minimum Gasteiger partial charge on any atom is -0.438 e. The number of para-hydroxylation sites is 4. The first-order chi connectivity index (χ1) is 24.3. The molecule has 228 valence electrons. The maximum Gasteiger partial charge on any atom is 0.238 e. The summed E-state index contributed by atoms with van der Waals surface area (Å²) in [5, 5.41) is 5.73. The highest BCUT2D eigenvalue weighted by Gasteiger charge is 2.24. The molecule has 0 atom stereocenters. The van der Waals surface area contributed by atoms with E-state index >= 15 is 0 Å². The normalized spacial score (nSPS) is 12.2. The lowest BCUT2D eigenvalue weighted by molar-refractivity contribution is 0.466. The molecule has 0 aliphatic carbocycles. The predicted octanol–water partition coefficient (Wildman–Crippen LogP) is 11.3. The molecule has 0 amide bonds. The first kappa shape index (κ1) is 26.4. The number of hydrogen-bond acceptors (Lipinski definition) is 3. The van der Waals surface area contributed by atoms with E-state index in [-0.39, 0.29) is 0 Å². The first-order valence-corrected chi connectivity index (χ1v) is 16.5. The van der Waals surface area contributed by atoms with Crippen molar-refractivity contribution >= 4 is 54.5 Å². The number of ether oxygens (including phenoxy) is 1. The summed E-state index contributed by atoms with van der Waals surface area (Å²) in [5.74, 6) is 1.98. The number of fused-ring (bicyclic) bond motifs is 8. The maximum atomic E-state index is 6.42. The Labute approximate surface area is 280 Å². The highest BCUT2D eigenvalue weighted by Crippen LogP contribution is 2.46. The van der Waals surface area contributed by atoms with Gasteiger partial charge in [-0.1, -0.05) is 103 Å². The summed E-state index contributed by atoms with van der Waals surface area (Å²) in [7, 11) is 0. The van der Waals surface area contributed by atoms with Crippen LogP contribution in [0.1, 0.15) is 0 Å². The highest BCUT2D eigenvalue weighted by atomic mass is 16.5. The van der Waals surface area contributed by atoms with Gasteiger partial charge in [0.05, 0.1) is 33.0 Å². The van der Waals surface area contributed by atoms with E-state index in [1.165, 1.54) is 21.8 Å². The number of hydrogen-bond donors (Lipinski definition) is 0. The van der Waals surface area contributed by atoms with Gasteiger partial charge in [0.1, 0.15) is 5.75 Å². The van der Waals surface area contributed by atoms with E-state index in [9.17, 15) is 0 Å². The van der Waals surface area contributed by atoms with E-state index in [0.717, 1.165) is 66.4 Å². The molecule has 4 heterocycles. The summed E-state index contributed by atoms with van der Waals surface area (Å²) in [6, 6.07) is 55.7. The van der Waals surface area contributed by atoms with Gasteiger partial charge >= 0.3 is 0 Å². The quantitative estimate of drug-likeness (QED) is 0.196. The molecule has 0 saturated heterocycles. The van der Waals surface area contributed by atoms with Gasteiger partial charge in [0.15, 0.2) is 0 Å². The van der Waals surface area contributed by atoms with Crippen LogP contribution in [0.4, 0.5) is 0 Å². The van der Waals surface area contributed by atoms with Crippen LogP contribution >= 0.6 is 0 Å². The molecular weight excluding hydrogens is 601 g/mol. The van der Waals surface area contributed by atoms with Crippen LogP contribution in [0.5, 0.6) is 11.6 Å². The lowest BCUT2D eigenvalue weighted by Crippen LogP contribution is -2.06. The lowest BCUT2D eigenvalue weighted by atomic mass is 9.98. The number of benzene rings is 7. The Morgan fingerprint density at radius 2 is 1.08 bits per heavy atom. The van der Waals surface area contributed by atoms with E-state index in [1.807, 2.05) is 24.3 Å². The van der Waals surface area contributed by atoms with Crippen LogP contribution in [0.2, 0.25) is 0 Å². The van der Waals surface area contributed by atoms with Crippen molar-refractivity contribution in [2.24, 2.45) is 0 Å². The Kier molecular flexibility index (Phi) is 5.32. The van der Waals surface area contributed by atoms with Gasteiger partial charge in [-0.2, -0.15) is 4.98 Å². The Balaban J connectivity index is 1.12. The van der Waals surface area contributed by atoms with Crippen molar-refractivity contribution in [1.29, 1.82) is 0 Å². The van der Waals surface area contributed by atoms with Crippen LogP contribution < -0.4 is 4.74 Å². The fourth-order valence-corrected chi connectivity index (χ4v) is 7.79. The fraction of sp³-hybridized carbons (Fsp3) is 0. The second kappa shape index (κ2) is 9.89. The molecule has 0 saturated carbocycles. The Hall–Kier alpha value is -6.72. The molecule has 0 radical (unpaired) electrons. The molecule has 11 rings (SSSR count). The number of aromatic nitrogens is 4. The largest absolute Gasteiger partial charge is 0.438 e. The topological polar surface area (TPSA) is 44.9 Å². The van der Waals surface area contributed by atoms with Crippen molar-refractivity contribution in [3.63, 3.8) is 0 Å². The van der Waals surface area contributed by atoms with Gasteiger partial charge in [0.2, 0.25) is 11.8 Å². The highest BCUT2D eigenvalue weighted by molar-refractivity contribution is 6.12. The van der Waals surface area contributed by atoms with Crippen molar-refractivity contribution in [2.45, 2.75) is 0 Å². The van der Waals surface area contributed by atoms with Crippen molar-refractivity contribution in [1.82, 2.24) is 19.1 Å². The molecule has 0 fully saturated rings. The van der Waals surface area contributed by atoms with Gasteiger partial charge in [-0.25, -0.2) is 4.98 Å². The molecule has 49 heavy (non-hydrogen) atoms. The lowest BCUT2D eigenvalue weighted by Gasteiger charge is -2.20. The molecule has 0 N–H and O–H groups in total. The van der Waals surface area contributed by atoms with Gasteiger partial charge in [-0.15, -0.1) is 0 Å². The molecule has 7 aromatic carbocycles. The molecule has 1 aliphatic heterocycles. The molecule has 5 heteroatoms. The van der Waals surface area contributed by atoms with Crippen LogP contribution in [0, 0.1) is 0 Å². The van der Waals surface area contributed by atoms with Crippen molar-refractivity contribution in [3.8, 4) is 45.5 Å². The maximum absolute atomic E-state index is 6.42. The molecule has 10 aromatic rings. The minimum atomic E-state index is 0.582. The first-order valence-electron chi connectivity index (χ1n) is 16.5. The monoisotopic (exact) mass is 626 g/mol. The Bertz CT molecular complexity index is 2970. The van der Waals surface area contributed by atoms with E-state index in [1.54, 1.807) is 0 Å². The second-order valence-corrected chi connectivity index (χ2v) is 12.6. The zero-order valence-electron chi connectivity index (χ0n) is 26.2. The summed E-state index contributed by atoms with van der Waals surface area (Å²) in [6.07, 6.45) is 0. The van der Waals surface area contributed by atoms with Gasteiger partial charge < -0.3 is 9.30 Å². The molecule has 0 unspecified atom stereocenters. The molecule has 1 aliphatic rings. The summed E-state index contributed by atoms with van der Waals surface area (Å²) in [4.78, 5) is 10.2. The molecule has 0 spiro atoms. The predicted molar refractivity (Wildman–Crippen MR) is 199 cm³/mol. The zero-order chi connectivity index (χ0) is 32.1. The zero-order valence-corrected chi connectivity index (χ0v) is 26.2. The minimum absolute atomic E-state index is 0.582. The van der Waals surface area contributed by atoms with E-state index in [0.29, 0.717) is 11.8 Å². The van der Waals surface area contributed by atoms with Crippen LogP contribution in [-0.4, -0.2) is 19.1 Å². The number of nitrogens with zero attached hydrogens (tertiary/aromatic N) is 4.